The minimum atomic E-state index is -3.78. The van der Waals surface area contributed by atoms with Crippen LogP contribution in [0.15, 0.2) is 36.4 Å². The Kier molecular flexibility index (Phi) is 9.89. The first kappa shape index (κ1) is 29.3. The molecule has 7 nitrogen and oxygen atoms in total. The van der Waals surface area contributed by atoms with Gasteiger partial charge in [-0.25, -0.2) is 8.42 Å². The summed E-state index contributed by atoms with van der Waals surface area (Å²) in [5, 5.41) is 3.79. The van der Waals surface area contributed by atoms with Gasteiger partial charge in [-0.15, -0.1) is 0 Å². The van der Waals surface area contributed by atoms with Crippen LogP contribution in [-0.4, -0.2) is 50.0 Å². The zero-order valence-electron chi connectivity index (χ0n) is 21.8. The van der Waals surface area contributed by atoms with E-state index in [9.17, 15) is 18.0 Å². The van der Waals surface area contributed by atoms with E-state index in [1.807, 2.05) is 19.9 Å². The summed E-state index contributed by atoms with van der Waals surface area (Å²) in [6, 6.07) is 9.50. The third kappa shape index (κ3) is 7.85. The highest BCUT2D eigenvalue weighted by Crippen LogP contribution is 2.25. The van der Waals surface area contributed by atoms with E-state index in [2.05, 4.69) is 5.32 Å². The van der Waals surface area contributed by atoms with Crippen molar-refractivity contribution in [2.24, 2.45) is 0 Å². The maximum absolute atomic E-state index is 13.7. The Balaban J connectivity index is 1.90. The number of carbonyl (C=O) groups is 2. The van der Waals surface area contributed by atoms with Crippen molar-refractivity contribution in [1.82, 2.24) is 10.2 Å². The molecule has 0 heterocycles. The van der Waals surface area contributed by atoms with Crippen LogP contribution in [0, 0.1) is 13.8 Å². The number of nitrogens with one attached hydrogen (secondary N) is 1. The first-order chi connectivity index (χ1) is 17.4. The highest BCUT2D eigenvalue weighted by molar-refractivity contribution is 7.92. The normalized spacial score (nSPS) is 15.2. The summed E-state index contributed by atoms with van der Waals surface area (Å²) in [4.78, 5) is 28.3. The monoisotopic (exact) mass is 567 g/mol. The first-order valence-corrected chi connectivity index (χ1v) is 15.1. The minimum Gasteiger partial charge on any atom is -0.352 e. The zero-order chi connectivity index (χ0) is 27.3. The van der Waals surface area contributed by atoms with Crippen molar-refractivity contribution in [3.05, 3.63) is 63.1 Å². The van der Waals surface area contributed by atoms with Crippen LogP contribution in [0.5, 0.6) is 0 Å². The third-order valence-corrected chi connectivity index (χ3v) is 8.79. The molecule has 37 heavy (non-hydrogen) atoms. The molecule has 3 rings (SSSR count). The van der Waals surface area contributed by atoms with Gasteiger partial charge in [0, 0.05) is 12.6 Å². The molecule has 1 aliphatic rings. The molecule has 2 aromatic carbocycles. The Hall–Kier alpha value is -2.29. The van der Waals surface area contributed by atoms with Crippen LogP contribution in [0.25, 0.3) is 0 Å². The molecule has 202 valence electrons. The number of aryl methyl sites for hydroxylation is 2. The molecule has 1 fully saturated rings. The van der Waals surface area contributed by atoms with Gasteiger partial charge in [0.25, 0.3) is 0 Å². The molecule has 0 aliphatic heterocycles. The average molecular weight is 569 g/mol. The lowest BCUT2D eigenvalue weighted by Gasteiger charge is -2.33. The highest BCUT2D eigenvalue weighted by Gasteiger charge is 2.31. The van der Waals surface area contributed by atoms with Gasteiger partial charge in [-0.05, 0) is 74.6 Å². The van der Waals surface area contributed by atoms with Crippen molar-refractivity contribution in [2.45, 2.75) is 71.5 Å². The van der Waals surface area contributed by atoms with Crippen molar-refractivity contribution < 1.29 is 18.0 Å². The predicted octanol–water partition coefficient (Wildman–Crippen LogP) is 5.24. The average Bonchev–Trinajstić information content (AvgIpc) is 2.84. The zero-order valence-corrected chi connectivity index (χ0v) is 24.1. The van der Waals surface area contributed by atoms with Crippen molar-refractivity contribution in [3.8, 4) is 0 Å². The van der Waals surface area contributed by atoms with Gasteiger partial charge in [-0.3, -0.25) is 13.9 Å². The number of hydrogen-bond donors (Lipinski definition) is 1. The summed E-state index contributed by atoms with van der Waals surface area (Å²) >= 11 is 12.3. The van der Waals surface area contributed by atoms with Gasteiger partial charge in [0.1, 0.15) is 12.6 Å². The van der Waals surface area contributed by atoms with Gasteiger partial charge in [0.2, 0.25) is 21.8 Å². The standard InChI is InChI=1S/C27H35Cl2N3O4S/c1-18-10-12-23(14-19(18)2)32(37(4,35)36)17-26(33)31(16-21-11-13-24(28)25(29)15-21)20(3)27(34)30-22-8-6-5-7-9-22/h10-15,20,22H,5-9,16-17H2,1-4H3,(H,30,34). The quantitative estimate of drug-likeness (QED) is 0.448. The van der Waals surface area contributed by atoms with Gasteiger partial charge in [0.15, 0.2) is 0 Å². The van der Waals surface area contributed by atoms with Crippen LogP contribution in [0.2, 0.25) is 10.0 Å². The molecule has 1 saturated carbocycles. The second-order valence-electron chi connectivity index (χ2n) is 9.83. The Labute approximate surface area is 230 Å². The maximum Gasteiger partial charge on any atom is 0.244 e. The van der Waals surface area contributed by atoms with E-state index in [4.69, 9.17) is 23.2 Å². The summed E-state index contributed by atoms with van der Waals surface area (Å²) in [6.45, 7) is 5.10. The fourth-order valence-electron chi connectivity index (χ4n) is 4.48. The van der Waals surface area contributed by atoms with Gasteiger partial charge >= 0.3 is 0 Å². The Morgan fingerprint density at radius 1 is 1.00 bits per heavy atom. The van der Waals surface area contributed by atoms with E-state index < -0.39 is 28.5 Å². The molecule has 1 aliphatic carbocycles. The molecule has 0 spiro atoms. The summed E-state index contributed by atoms with van der Waals surface area (Å²) in [5.41, 5.74) is 2.99. The van der Waals surface area contributed by atoms with E-state index in [1.165, 1.54) is 4.90 Å². The van der Waals surface area contributed by atoms with E-state index in [0.29, 0.717) is 21.3 Å². The van der Waals surface area contributed by atoms with Crippen molar-refractivity contribution in [1.29, 1.82) is 0 Å². The molecule has 1 atom stereocenters. The molecule has 0 bridgehead atoms. The summed E-state index contributed by atoms with van der Waals surface area (Å²) in [7, 11) is -3.78. The number of carbonyl (C=O) groups excluding carboxylic acids is 2. The molecule has 2 aromatic rings. The molecule has 1 N–H and O–H groups in total. The number of amides is 2. The second-order valence-corrected chi connectivity index (χ2v) is 12.5. The molecule has 0 radical (unpaired) electrons. The van der Waals surface area contributed by atoms with Gasteiger partial charge in [-0.1, -0.05) is 54.6 Å². The number of nitrogens with zero attached hydrogens (tertiary/aromatic N) is 2. The van der Waals surface area contributed by atoms with E-state index in [0.717, 1.165) is 53.8 Å². The second kappa shape index (κ2) is 12.5. The summed E-state index contributed by atoms with van der Waals surface area (Å²) < 4.78 is 26.6. The lowest BCUT2D eigenvalue weighted by molar-refractivity contribution is -0.139. The third-order valence-electron chi connectivity index (χ3n) is 6.91. The molecule has 0 aromatic heterocycles. The van der Waals surface area contributed by atoms with Crippen LogP contribution in [-0.2, 0) is 26.2 Å². The molecule has 0 saturated heterocycles. The smallest absolute Gasteiger partial charge is 0.244 e. The van der Waals surface area contributed by atoms with Crippen LogP contribution in [0.1, 0.15) is 55.7 Å². The lowest BCUT2D eigenvalue weighted by Crippen LogP contribution is -2.53. The van der Waals surface area contributed by atoms with E-state index in [1.54, 1.807) is 37.3 Å². The van der Waals surface area contributed by atoms with Gasteiger partial charge in [-0.2, -0.15) is 0 Å². The van der Waals surface area contributed by atoms with E-state index >= 15 is 0 Å². The molecular weight excluding hydrogens is 533 g/mol. The molecule has 1 unspecified atom stereocenters. The number of benzene rings is 2. The number of hydrogen-bond acceptors (Lipinski definition) is 4. The Morgan fingerprint density at radius 3 is 2.27 bits per heavy atom. The van der Waals surface area contributed by atoms with Crippen molar-refractivity contribution >= 4 is 50.7 Å². The van der Waals surface area contributed by atoms with Crippen LogP contribution in [0.4, 0.5) is 5.69 Å². The van der Waals surface area contributed by atoms with Gasteiger partial charge in [0.05, 0.1) is 22.0 Å². The number of anilines is 1. The Bertz CT molecular complexity index is 1250. The van der Waals surface area contributed by atoms with Crippen LogP contribution in [0.3, 0.4) is 0 Å². The molecule has 2 amide bonds. The topological polar surface area (TPSA) is 86.8 Å². The van der Waals surface area contributed by atoms with Gasteiger partial charge < -0.3 is 10.2 Å². The van der Waals surface area contributed by atoms with Crippen LogP contribution < -0.4 is 9.62 Å². The summed E-state index contributed by atoms with van der Waals surface area (Å²) in [6.07, 6.45) is 6.17. The molecule has 10 heteroatoms. The SMILES string of the molecule is Cc1ccc(N(CC(=O)N(Cc2ccc(Cl)c(Cl)c2)C(C)C(=O)NC2CCCCC2)S(C)(=O)=O)cc1C. The lowest BCUT2D eigenvalue weighted by atomic mass is 9.95. The number of halogens is 2. The first-order valence-electron chi connectivity index (χ1n) is 12.5. The number of rotatable bonds is 9. The summed E-state index contributed by atoms with van der Waals surface area (Å²) in [5.74, 6) is -0.765. The minimum absolute atomic E-state index is 0.0690. The predicted molar refractivity (Wildman–Crippen MR) is 150 cm³/mol. The Morgan fingerprint density at radius 2 is 1.68 bits per heavy atom. The largest absolute Gasteiger partial charge is 0.352 e. The van der Waals surface area contributed by atoms with Crippen molar-refractivity contribution in [2.75, 3.05) is 17.1 Å². The fraction of sp³-hybridized carbons (Fsp3) is 0.481. The molecular formula is C27H35Cl2N3O4S. The number of sulfonamides is 1. The van der Waals surface area contributed by atoms with Crippen molar-refractivity contribution in [3.63, 3.8) is 0 Å². The highest BCUT2D eigenvalue weighted by atomic mass is 35.5. The van der Waals surface area contributed by atoms with E-state index in [-0.39, 0.29) is 18.5 Å². The maximum atomic E-state index is 13.7. The fourth-order valence-corrected chi connectivity index (χ4v) is 5.64. The van der Waals surface area contributed by atoms with Crippen LogP contribution >= 0.6 is 23.2 Å².